The summed E-state index contributed by atoms with van der Waals surface area (Å²) in [6.45, 7) is 4.48. The van der Waals surface area contributed by atoms with Crippen molar-refractivity contribution in [3.8, 4) is 0 Å². The summed E-state index contributed by atoms with van der Waals surface area (Å²) in [5, 5.41) is 11.1. The molecule has 0 bridgehead atoms. The second-order valence-corrected chi connectivity index (χ2v) is 3.52. The summed E-state index contributed by atoms with van der Waals surface area (Å²) in [5.74, 6) is 0.555. The summed E-state index contributed by atoms with van der Waals surface area (Å²) in [4.78, 5) is 8.24. The largest absolute Gasteiger partial charge is 0.349 e. The molecular formula is C11H13N5. The molecule has 0 saturated carbocycles. The van der Waals surface area contributed by atoms with Gasteiger partial charge in [-0.2, -0.15) is 5.10 Å². The van der Waals surface area contributed by atoms with Crippen molar-refractivity contribution in [3.63, 3.8) is 0 Å². The van der Waals surface area contributed by atoms with Gasteiger partial charge in [-0.15, -0.1) is 5.10 Å². The van der Waals surface area contributed by atoms with Gasteiger partial charge in [0.2, 0.25) is 5.95 Å². The first-order chi connectivity index (χ1) is 7.75. The van der Waals surface area contributed by atoms with Crippen molar-refractivity contribution in [2.75, 3.05) is 5.32 Å². The zero-order valence-corrected chi connectivity index (χ0v) is 9.31. The lowest BCUT2D eigenvalue weighted by molar-refractivity contribution is 0.885. The summed E-state index contributed by atoms with van der Waals surface area (Å²) in [6.07, 6.45) is 3.52. The molecule has 0 radical (unpaired) electrons. The van der Waals surface area contributed by atoms with E-state index in [1.807, 2.05) is 26.0 Å². The average Bonchev–Trinajstić information content (AvgIpc) is 2.32. The normalized spacial score (nSPS) is 10.1. The Morgan fingerprint density at radius 3 is 2.50 bits per heavy atom. The minimum absolute atomic E-state index is 0.555. The van der Waals surface area contributed by atoms with Crippen LogP contribution in [0.15, 0.2) is 24.5 Å². The molecule has 1 N–H and O–H groups in total. The molecule has 0 atom stereocenters. The third kappa shape index (κ3) is 2.50. The standard InChI is InChI=1S/C11H13N5/c1-8-9(2)15-16-11(14-8)13-7-10-3-5-12-6-4-10/h3-6H,7H2,1-2H3,(H,13,14,16). The first kappa shape index (κ1) is 10.5. The average molecular weight is 215 g/mol. The van der Waals surface area contributed by atoms with E-state index in [1.54, 1.807) is 12.4 Å². The summed E-state index contributed by atoms with van der Waals surface area (Å²) in [6, 6.07) is 3.89. The van der Waals surface area contributed by atoms with Crippen LogP contribution in [-0.2, 0) is 6.54 Å². The highest BCUT2D eigenvalue weighted by molar-refractivity contribution is 5.27. The molecule has 0 aliphatic heterocycles. The molecule has 2 rings (SSSR count). The Labute approximate surface area is 94.0 Å². The van der Waals surface area contributed by atoms with Gasteiger partial charge in [0.05, 0.1) is 11.4 Å². The predicted molar refractivity (Wildman–Crippen MR) is 60.9 cm³/mol. The van der Waals surface area contributed by atoms with E-state index in [4.69, 9.17) is 0 Å². The minimum atomic E-state index is 0.555. The first-order valence-electron chi connectivity index (χ1n) is 5.06. The van der Waals surface area contributed by atoms with Gasteiger partial charge in [0.15, 0.2) is 0 Å². The van der Waals surface area contributed by atoms with E-state index in [2.05, 4.69) is 25.5 Å². The molecule has 0 spiro atoms. The summed E-state index contributed by atoms with van der Waals surface area (Å²) >= 11 is 0. The van der Waals surface area contributed by atoms with Crippen LogP contribution in [-0.4, -0.2) is 20.2 Å². The number of nitrogens with zero attached hydrogens (tertiary/aromatic N) is 4. The smallest absolute Gasteiger partial charge is 0.243 e. The quantitative estimate of drug-likeness (QED) is 0.840. The van der Waals surface area contributed by atoms with Gasteiger partial charge in [-0.3, -0.25) is 4.98 Å². The van der Waals surface area contributed by atoms with Crippen LogP contribution in [0.3, 0.4) is 0 Å². The fraction of sp³-hybridized carbons (Fsp3) is 0.273. The number of rotatable bonds is 3. The molecule has 2 heterocycles. The maximum atomic E-state index is 4.29. The van der Waals surface area contributed by atoms with Gasteiger partial charge in [0.1, 0.15) is 0 Å². The Balaban J connectivity index is 2.03. The highest BCUT2D eigenvalue weighted by Gasteiger charge is 2.00. The number of hydrogen-bond acceptors (Lipinski definition) is 5. The highest BCUT2D eigenvalue weighted by atomic mass is 15.2. The third-order valence-electron chi connectivity index (χ3n) is 2.29. The van der Waals surface area contributed by atoms with Crippen LogP contribution >= 0.6 is 0 Å². The number of hydrogen-bond donors (Lipinski definition) is 1. The zero-order chi connectivity index (χ0) is 11.4. The summed E-state index contributed by atoms with van der Waals surface area (Å²) in [7, 11) is 0. The lowest BCUT2D eigenvalue weighted by Crippen LogP contribution is -2.06. The van der Waals surface area contributed by atoms with E-state index in [1.165, 1.54) is 0 Å². The van der Waals surface area contributed by atoms with Crippen molar-refractivity contribution in [1.82, 2.24) is 20.2 Å². The fourth-order valence-electron chi connectivity index (χ4n) is 1.21. The van der Waals surface area contributed by atoms with Crippen LogP contribution in [0.4, 0.5) is 5.95 Å². The second kappa shape index (κ2) is 4.65. The second-order valence-electron chi connectivity index (χ2n) is 3.52. The molecular weight excluding hydrogens is 202 g/mol. The Bertz CT molecular complexity index is 469. The van der Waals surface area contributed by atoms with Crippen molar-refractivity contribution >= 4 is 5.95 Å². The molecule has 0 aromatic carbocycles. The number of anilines is 1. The lowest BCUT2D eigenvalue weighted by atomic mass is 10.3. The Morgan fingerprint density at radius 2 is 1.81 bits per heavy atom. The van der Waals surface area contributed by atoms with Crippen molar-refractivity contribution < 1.29 is 0 Å². The molecule has 0 amide bonds. The Kier molecular flexibility index (Phi) is 3.05. The maximum Gasteiger partial charge on any atom is 0.243 e. The van der Waals surface area contributed by atoms with E-state index in [-0.39, 0.29) is 0 Å². The van der Waals surface area contributed by atoms with Crippen molar-refractivity contribution in [1.29, 1.82) is 0 Å². The molecule has 0 unspecified atom stereocenters. The van der Waals surface area contributed by atoms with Gasteiger partial charge >= 0.3 is 0 Å². The SMILES string of the molecule is Cc1nnc(NCc2ccncc2)nc1C. The molecule has 0 saturated heterocycles. The zero-order valence-electron chi connectivity index (χ0n) is 9.31. The van der Waals surface area contributed by atoms with Crippen LogP contribution < -0.4 is 5.32 Å². The van der Waals surface area contributed by atoms with Crippen LogP contribution in [0.5, 0.6) is 0 Å². The molecule has 0 aliphatic carbocycles. The topological polar surface area (TPSA) is 63.6 Å². The fourth-order valence-corrected chi connectivity index (χ4v) is 1.21. The van der Waals surface area contributed by atoms with Crippen molar-refractivity contribution in [3.05, 3.63) is 41.5 Å². The minimum Gasteiger partial charge on any atom is -0.349 e. The molecule has 5 heteroatoms. The summed E-state index contributed by atoms with van der Waals surface area (Å²) < 4.78 is 0. The molecule has 2 aromatic rings. The Morgan fingerprint density at radius 1 is 1.06 bits per heavy atom. The number of nitrogens with one attached hydrogen (secondary N) is 1. The highest BCUT2D eigenvalue weighted by Crippen LogP contribution is 2.04. The lowest BCUT2D eigenvalue weighted by Gasteiger charge is -2.05. The first-order valence-corrected chi connectivity index (χ1v) is 5.06. The molecule has 2 aromatic heterocycles. The van der Waals surface area contributed by atoms with E-state index >= 15 is 0 Å². The van der Waals surface area contributed by atoms with Crippen LogP contribution in [0, 0.1) is 13.8 Å². The van der Waals surface area contributed by atoms with E-state index in [0.29, 0.717) is 12.5 Å². The van der Waals surface area contributed by atoms with Crippen molar-refractivity contribution in [2.45, 2.75) is 20.4 Å². The van der Waals surface area contributed by atoms with Gasteiger partial charge in [-0.1, -0.05) is 0 Å². The van der Waals surface area contributed by atoms with Gasteiger partial charge in [0, 0.05) is 18.9 Å². The Hall–Kier alpha value is -2.04. The van der Waals surface area contributed by atoms with Gasteiger partial charge in [-0.25, -0.2) is 4.98 Å². The van der Waals surface area contributed by atoms with E-state index in [0.717, 1.165) is 17.0 Å². The van der Waals surface area contributed by atoms with Gasteiger partial charge in [-0.05, 0) is 31.5 Å². The van der Waals surface area contributed by atoms with Gasteiger partial charge < -0.3 is 5.32 Å². The molecule has 16 heavy (non-hydrogen) atoms. The van der Waals surface area contributed by atoms with E-state index in [9.17, 15) is 0 Å². The van der Waals surface area contributed by atoms with Crippen LogP contribution in [0.2, 0.25) is 0 Å². The monoisotopic (exact) mass is 215 g/mol. The van der Waals surface area contributed by atoms with Crippen LogP contribution in [0.25, 0.3) is 0 Å². The van der Waals surface area contributed by atoms with E-state index < -0.39 is 0 Å². The molecule has 0 aliphatic rings. The predicted octanol–water partition coefficient (Wildman–Crippen LogP) is 1.50. The van der Waals surface area contributed by atoms with Gasteiger partial charge in [0.25, 0.3) is 0 Å². The molecule has 82 valence electrons. The maximum absolute atomic E-state index is 4.29. The van der Waals surface area contributed by atoms with Crippen molar-refractivity contribution in [2.24, 2.45) is 0 Å². The number of aryl methyl sites for hydroxylation is 2. The molecule has 5 nitrogen and oxygen atoms in total. The molecule has 0 fully saturated rings. The van der Waals surface area contributed by atoms with Crippen LogP contribution in [0.1, 0.15) is 17.0 Å². The summed E-state index contributed by atoms with van der Waals surface area (Å²) in [5.41, 5.74) is 2.89. The number of aromatic nitrogens is 4. The third-order valence-corrected chi connectivity index (χ3v) is 2.29. The number of pyridine rings is 1.